The highest BCUT2D eigenvalue weighted by Gasteiger charge is 2.24. The number of benzene rings is 2. The number of hydrogen-bond acceptors (Lipinski definition) is 4. The van der Waals surface area contributed by atoms with Gasteiger partial charge in [0.15, 0.2) is 0 Å². The molecule has 26 heavy (non-hydrogen) atoms. The number of rotatable bonds is 3. The minimum absolute atomic E-state index is 0.117. The smallest absolute Gasteiger partial charge is 0.310 e. The predicted octanol–water partition coefficient (Wildman–Crippen LogP) is 2.20. The summed E-state index contributed by atoms with van der Waals surface area (Å²) in [5.74, 6) is -0.158. The molecule has 6 nitrogen and oxygen atoms in total. The van der Waals surface area contributed by atoms with E-state index in [4.69, 9.17) is 0 Å². The Balaban J connectivity index is 1.55. The summed E-state index contributed by atoms with van der Waals surface area (Å²) in [5.41, 5.74) is 4.00. The van der Waals surface area contributed by atoms with E-state index >= 15 is 0 Å². The van der Waals surface area contributed by atoms with E-state index in [-0.39, 0.29) is 12.5 Å². The van der Waals surface area contributed by atoms with Crippen LogP contribution in [0.15, 0.2) is 59.5 Å². The summed E-state index contributed by atoms with van der Waals surface area (Å²) in [6.45, 7) is 2.51. The minimum Gasteiger partial charge on any atom is -0.310 e. The lowest BCUT2D eigenvalue weighted by molar-refractivity contribution is -0.119. The van der Waals surface area contributed by atoms with Crippen LogP contribution in [0.3, 0.4) is 0 Å². The Hall–Kier alpha value is -3.28. The van der Waals surface area contributed by atoms with Gasteiger partial charge in [-0.15, -0.1) is 0 Å². The van der Waals surface area contributed by atoms with Gasteiger partial charge in [-0.1, -0.05) is 48.0 Å². The number of carbonyl (C=O) groups is 1. The first-order valence-corrected chi connectivity index (χ1v) is 8.51. The lowest BCUT2D eigenvalue weighted by Gasteiger charge is -2.17. The van der Waals surface area contributed by atoms with Crippen molar-refractivity contribution in [3.05, 3.63) is 76.3 Å². The second-order valence-corrected chi connectivity index (χ2v) is 6.37. The largest absolute Gasteiger partial charge is 0.365 e. The zero-order valence-electron chi connectivity index (χ0n) is 14.4. The summed E-state index contributed by atoms with van der Waals surface area (Å²) in [6, 6.07) is 15.5. The van der Waals surface area contributed by atoms with Gasteiger partial charge < -0.3 is 4.90 Å². The van der Waals surface area contributed by atoms with Gasteiger partial charge in [0, 0.05) is 17.8 Å². The summed E-state index contributed by atoms with van der Waals surface area (Å²) < 4.78 is 1.11. The van der Waals surface area contributed by atoms with Gasteiger partial charge >= 0.3 is 5.69 Å². The maximum absolute atomic E-state index is 12.6. The molecule has 1 aliphatic heterocycles. The molecule has 4 rings (SSSR count). The average Bonchev–Trinajstić information content (AvgIpc) is 3.08. The number of aromatic nitrogens is 3. The third-order valence-corrected chi connectivity index (χ3v) is 4.58. The van der Waals surface area contributed by atoms with Gasteiger partial charge in [-0.25, -0.2) is 9.48 Å². The Morgan fingerprint density at radius 3 is 2.65 bits per heavy atom. The molecule has 0 fully saturated rings. The molecule has 1 aromatic heterocycles. The summed E-state index contributed by atoms with van der Waals surface area (Å²) >= 11 is 0. The van der Waals surface area contributed by atoms with Gasteiger partial charge in [0.2, 0.25) is 5.91 Å². The summed E-state index contributed by atoms with van der Waals surface area (Å²) in [6.07, 6.45) is 2.35. The number of aryl methyl sites for hydroxylation is 1. The highest BCUT2D eigenvalue weighted by Crippen LogP contribution is 2.27. The fraction of sp³-hybridized carbons (Fsp3) is 0.200. The van der Waals surface area contributed by atoms with Crippen LogP contribution in [0.1, 0.15) is 11.1 Å². The number of nitrogens with zero attached hydrogens (tertiary/aromatic N) is 4. The van der Waals surface area contributed by atoms with Crippen molar-refractivity contribution >= 4 is 11.6 Å². The maximum atomic E-state index is 12.6. The number of hydrogen-bond donors (Lipinski definition) is 0. The Bertz CT molecular complexity index is 1020. The average molecular weight is 346 g/mol. The van der Waals surface area contributed by atoms with Crippen LogP contribution in [0.5, 0.6) is 0 Å². The van der Waals surface area contributed by atoms with Gasteiger partial charge in [0.1, 0.15) is 6.54 Å². The Morgan fingerprint density at radius 1 is 1.12 bits per heavy atom. The van der Waals surface area contributed by atoms with Crippen molar-refractivity contribution in [3.8, 4) is 11.3 Å². The monoisotopic (exact) mass is 346 g/mol. The van der Waals surface area contributed by atoms with Gasteiger partial charge in [-0.2, -0.15) is 10.1 Å². The van der Waals surface area contributed by atoms with E-state index in [0.29, 0.717) is 12.2 Å². The third kappa shape index (κ3) is 3.01. The van der Waals surface area contributed by atoms with Crippen LogP contribution in [-0.2, 0) is 17.8 Å². The van der Waals surface area contributed by atoms with Crippen LogP contribution in [0.2, 0.25) is 0 Å². The Labute approximate surface area is 150 Å². The van der Waals surface area contributed by atoms with Crippen LogP contribution < -0.4 is 10.6 Å². The molecular weight excluding hydrogens is 328 g/mol. The predicted molar refractivity (Wildman–Crippen MR) is 99.0 cm³/mol. The van der Waals surface area contributed by atoms with Crippen molar-refractivity contribution in [2.24, 2.45) is 0 Å². The van der Waals surface area contributed by atoms with E-state index in [2.05, 4.69) is 10.1 Å². The van der Waals surface area contributed by atoms with Crippen molar-refractivity contribution in [1.29, 1.82) is 0 Å². The number of fused-ring (bicyclic) bond motifs is 1. The molecule has 0 atom stereocenters. The van der Waals surface area contributed by atoms with Crippen molar-refractivity contribution in [2.45, 2.75) is 19.9 Å². The molecule has 6 heteroatoms. The molecule has 1 amide bonds. The number of anilines is 1. The molecule has 0 spiro atoms. The summed E-state index contributed by atoms with van der Waals surface area (Å²) in [4.78, 5) is 30.7. The minimum atomic E-state index is -0.524. The molecular formula is C20H18N4O2. The van der Waals surface area contributed by atoms with E-state index in [1.165, 1.54) is 6.20 Å². The molecule has 0 saturated carbocycles. The highest BCUT2D eigenvalue weighted by atomic mass is 16.2. The first kappa shape index (κ1) is 16.2. The van der Waals surface area contributed by atoms with Gasteiger partial charge in [-0.3, -0.25) is 4.79 Å². The third-order valence-electron chi connectivity index (χ3n) is 4.58. The van der Waals surface area contributed by atoms with Gasteiger partial charge in [0.25, 0.3) is 0 Å². The molecule has 2 aromatic carbocycles. The van der Waals surface area contributed by atoms with Gasteiger partial charge in [0.05, 0.1) is 11.9 Å². The molecule has 0 aliphatic carbocycles. The summed E-state index contributed by atoms with van der Waals surface area (Å²) in [7, 11) is 0. The van der Waals surface area contributed by atoms with Crippen LogP contribution in [0, 0.1) is 6.92 Å². The molecule has 1 aliphatic rings. The van der Waals surface area contributed by atoms with Crippen LogP contribution in [0.4, 0.5) is 5.69 Å². The second kappa shape index (κ2) is 6.55. The number of amides is 1. The standard InChI is InChI=1S/C20H18N4O2/c1-14-6-8-15(9-7-14)17-12-21-24(20(26)22-17)13-19(25)23-11-10-16-4-2-3-5-18(16)23/h2-9,12H,10-11,13H2,1H3. The first-order valence-electron chi connectivity index (χ1n) is 8.51. The van der Waals surface area contributed by atoms with Gasteiger partial charge in [-0.05, 0) is 25.0 Å². The van der Waals surface area contributed by atoms with Crippen molar-refractivity contribution in [3.63, 3.8) is 0 Å². The van der Waals surface area contributed by atoms with Crippen molar-refractivity contribution in [2.75, 3.05) is 11.4 Å². The quantitative estimate of drug-likeness (QED) is 0.729. The fourth-order valence-corrected chi connectivity index (χ4v) is 3.15. The number of para-hydroxylation sites is 1. The van der Waals surface area contributed by atoms with E-state index in [0.717, 1.165) is 33.5 Å². The maximum Gasteiger partial charge on any atom is 0.365 e. The van der Waals surface area contributed by atoms with Crippen molar-refractivity contribution < 1.29 is 4.79 Å². The molecule has 0 unspecified atom stereocenters. The first-order chi connectivity index (χ1) is 12.6. The molecule has 0 saturated heterocycles. The van der Waals surface area contributed by atoms with Crippen LogP contribution in [0.25, 0.3) is 11.3 Å². The Morgan fingerprint density at radius 2 is 1.88 bits per heavy atom. The Kier molecular flexibility index (Phi) is 4.08. The zero-order chi connectivity index (χ0) is 18.1. The van der Waals surface area contributed by atoms with E-state index < -0.39 is 5.69 Å². The molecule has 0 bridgehead atoms. The molecule has 3 aromatic rings. The fourth-order valence-electron chi connectivity index (χ4n) is 3.15. The topological polar surface area (TPSA) is 68.1 Å². The molecule has 2 heterocycles. The molecule has 0 N–H and O–H groups in total. The molecule has 130 valence electrons. The lowest BCUT2D eigenvalue weighted by Crippen LogP contribution is -2.37. The number of carbonyl (C=O) groups excluding carboxylic acids is 1. The van der Waals surface area contributed by atoms with E-state index in [9.17, 15) is 9.59 Å². The van der Waals surface area contributed by atoms with Crippen LogP contribution in [-0.4, -0.2) is 27.2 Å². The zero-order valence-corrected chi connectivity index (χ0v) is 14.4. The van der Waals surface area contributed by atoms with E-state index in [1.807, 2.05) is 55.5 Å². The molecule has 0 radical (unpaired) electrons. The SMILES string of the molecule is Cc1ccc(-c2cnn(CC(=O)N3CCc4ccccc43)c(=O)n2)cc1. The summed E-state index contributed by atoms with van der Waals surface area (Å²) in [5, 5.41) is 4.14. The normalized spacial score (nSPS) is 12.9. The van der Waals surface area contributed by atoms with Crippen molar-refractivity contribution in [1.82, 2.24) is 14.8 Å². The second-order valence-electron chi connectivity index (χ2n) is 6.37. The highest BCUT2D eigenvalue weighted by molar-refractivity contribution is 5.95. The van der Waals surface area contributed by atoms with E-state index in [1.54, 1.807) is 4.90 Å². The van der Waals surface area contributed by atoms with Crippen LogP contribution >= 0.6 is 0 Å². The lowest BCUT2D eigenvalue weighted by atomic mass is 10.1.